The Hall–Kier alpha value is -4.12. The highest BCUT2D eigenvalue weighted by atomic mass is 16.5. The first-order valence-electron chi connectivity index (χ1n) is 10.1. The Labute approximate surface area is 180 Å². The number of benzene rings is 1. The van der Waals surface area contributed by atoms with Gasteiger partial charge in [-0.1, -0.05) is 18.2 Å². The summed E-state index contributed by atoms with van der Waals surface area (Å²) < 4.78 is 6.44. The summed E-state index contributed by atoms with van der Waals surface area (Å²) in [5.74, 6) is 1.38. The number of rotatable bonds is 4. The second-order valence-corrected chi connectivity index (χ2v) is 7.31. The number of aromatic nitrogens is 4. The monoisotopic (exact) mass is 404 g/mol. The van der Waals surface area contributed by atoms with Crippen LogP contribution in [0, 0.1) is 13.8 Å². The molecule has 4 aromatic heterocycles. The van der Waals surface area contributed by atoms with Crippen LogP contribution in [0.4, 0.5) is 0 Å². The Kier molecular flexibility index (Phi) is 4.84. The molecule has 5 heteroatoms. The highest BCUT2D eigenvalue weighted by Gasteiger charge is 2.15. The molecule has 0 fully saturated rings. The molecule has 5 aromatic rings. The number of fused-ring (bicyclic) bond motifs is 1. The summed E-state index contributed by atoms with van der Waals surface area (Å²) in [6.07, 6.45) is 5.31. The highest BCUT2D eigenvalue weighted by molar-refractivity contribution is 5.89. The normalized spacial score (nSPS) is 10.9. The van der Waals surface area contributed by atoms with Crippen LogP contribution in [0.1, 0.15) is 11.3 Å². The molecule has 0 unspecified atom stereocenters. The molecule has 0 atom stereocenters. The van der Waals surface area contributed by atoms with E-state index in [9.17, 15) is 0 Å². The van der Waals surface area contributed by atoms with E-state index in [0.29, 0.717) is 11.5 Å². The fourth-order valence-electron chi connectivity index (χ4n) is 3.47. The van der Waals surface area contributed by atoms with Gasteiger partial charge in [-0.25, -0.2) is 4.98 Å². The van der Waals surface area contributed by atoms with E-state index in [2.05, 4.69) is 21.0 Å². The first-order valence-corrected chi connectivity index (χ1v) is 10.1. The molecule has 0 amide bonds. The third kappa shape index (κ3) is 3.73. The zero-order chi connectivity index (χ0) is 21.2. The molecule has 0 aliphatic heterocycles. The zero-order valence-corrected chi connectivity index (χ0v) is 17.3. The van der Waals surface area contributed by atoms with Crippen molar-refractivity contribution in [3.05, 3.63) is 96.6 Å². The largest absolute Gasteiger partial charge is 0.454 e. The predicted molar refractivity (Wildman–Crippen MR) is 122 cm³/mol. The van der Waals surface area contributed by atoms with Gasteiger partial charge in [0.1, 0.15) is 11.4 Å². The third-order valence-corrected chi connectivity index (χ3v) is 5.22. The molecule has 0 spiro atoms. The Bertz CT molecular complexity index is 1370. The fourth-order valence-corrected chi connectivity index (χ4v) is 3.47. The average molecular weight is 404 g/mol. The van der Waals surface area contributed by atoms with Gasteiger partial charge in [-0.3, -0.25) is 15.0 Å². The standard InChI is InChI=1S/C26H20N4O/c1-17-15-25(26(30-18(17)2)23-8-4-6-13-28-23)31-24-11-14-29-22-10-9-19(16-20(22)24)21-7-3-5-12-27-21/h3-16H,1-2H3. The van der Waals surface area contributed by atoms with Crippen molar-refractivity contribution in [3.63, 3.8) is 0 Å². The van der Waals surface area contributed by atoms with Crippen LogP contribution in [0.5, 0.6) is 11.5 Å². The maximum atomic E-state index is 6.44. The minimum atomic E-state index is 0.664. The quantitative estimate of drug-likeness (QED) is 0.359. The number of hydrogen-bond donors (Lipinski definition) is 0. The topological polar surface area (TPSA) is 60.8 Å². The van der Waals surface area contributed by atoms with Crippen molar-refractivity contribution in [2.24, 2.45) is 0 Å². The molecule has 0 saturated carbocycles. The molecule has 1 aromatic carbocycles. The van der Waals surface area contributed by atoms with Crippen molar-refractivity contribution < 1.29 is 4.74 Å². The lowest BCUT2D eigenvalue weighted by molar-refractivity contribution is 0.486. The minimum Gasteiger partial charge on any atom is -0.454 e. The molecule has 0 radical (unpaired) electrons. The third-order valence-electron chi connectivity index (χ3n) is 5.22. The fraction of sp³-hybridized carbons (Fsp3) is 0.0769. The van der Waals surface area contributed by atoms with Crippen LogP contribution in [0.25, 0.3) is 33.5 Å². The lowest BCUT2D eigenvalue weighted by Gasteiger charge is -2.14. The van der Waals surface area contributed by atoms with Gasteiger partial charge in [0, 0.05) is 35.2 Å². The Balaban J connectivity index is 1.64. The van der Waals surface area contributed by atoms with Gasteiger partial charge in [0.15, 0.2) is 5.75 Å². The minimum absolute atomic E-state index is 0.664. The molecule has 0 N–H and O–H groups in total. The van der Waals surface area contributed by atoms with Crippen molar-refractivity contribution in [1.29, 1.82) is 0 Å². The summed E-state index contributed by atoms with van der Waals surface area (Å²) in [5, 5.41) is 0.913. The predicted octanol–water partition coefficient (Wildman–Crippen LogP) is 6.16. The Morgan fingerprint density at radius 1 is 0.677 bits per heavy atom. The molecular weight excluding hydrogens is 384 g/mol. The molecule has 0 aliphatic carbocycles. The Morgan fingerprint density at radius 2 is 1.45 bits per heavy atom. The number of hydrogen-bond acceptors (Lipinski definition) is 5. The van der Waals surface area contributed by atoms with Gasteiger partial charge in [0.25, 0.3) is 0 Å². The highest BCUT2D eigenvalue weighted by Crippen LogP contribution is 2.36. The SMILES string of the molecule is Cc1cc(Oc2ccnc3ccc(-c4ccccn4)cc23)c(-c2ccccn2)nc1C. The number of pyridine rings is 4. The first kappa shape index (κ1) is 18.9. The molecule has 5 rings (SSSR count). The van der Waals surface area contributed by atoms with Crippen LogP contribution in [0.15, 0.2) is 85.3 Å². The van der Waals surface area contributed by atoms with Crippen LogP contribution in [-0.4, -0.2) is 19.9 Å². The van der Waals surface area contributed by atoms with E-state index in [1.54, 1.807) is 18.6 Å². The lowest BCUT2D eigenvalue weighted by atomic mass is 10.1. The van der Waals surface area contributed by atoms with Crippen molar-refractivity contribution in [1.82, 2.24) is 19.9 Å². The van der Waals surface area contributed by atoms with Gasteiger partial charge in [-0.15, -0.1) is 0 Å². The average Bonchev–Trinajstić information content (AvgIpc) is 2.82. The van der Waals surface area contributed by atoms with Crippen LogP contribution in [0.2, 0.25) is 0 Å². The summed E-state index contributed by atoms with van der Waals surface area (Å²) >= 11 is 0. The molecule has 0 aliphatic rings. The summed E-state index contributed by atoms with van der Waals surface area (Å²) in [6.45, 7) is 4.02. The number of ether oxygens (including phenoxy) is 1. The van der Waals surface area contributed by atoms with Gasteiger partial charge in [-0.05, 0) is 67.9 Å². The summed E-state index contributed by atoms with van der Waals surface area (Å²) in [7, 11) is 0. The Morgan fingerprint density at radius 3 is 2.19 bits per heavy atom. The van der Waals surface area contributed by atoms with E-state index in [-0.39, 0.29) is 0 Å². The molecule has 150 valence electrons. The van der Waals surface area contributed by atoms with Crippen molar-refractivity contribution >= 4 is 10.9 Å². The lowest BCUT2D eigenvalue weighted by Crippen LogP contribution is -1.98. The molecule has 5 nitrogen and oxygen atoms in total. The molecule has 0 saturated heterocycles. The van der Waals surface area contributed by atoms with Crippen molar-refractivity contribution in [2.45, 2.75) is 13.8 Å². The van der Waals surface area contributed by atoms with Crippen molar-refractivity contribution in [3.8, 4) is 34.1 Å². The number of aryl methyl sites for hydroxylation is 2. The smallest absolute Gasteiger partial charge is 0.155 e. The molecule has 0 bridgehead atoms. The van der Waals surface area contributed by atoms with Gasteiger partial charge < -0.3 is 4.74 Å². The summed E-state index contributed by atoms with van der Waals surface area (Å²) in [4.78, 5) is 18.2. The van der Waals surface area contributed by atoms with E-state index < -0.39 is 0 Å². The second kappa shape index (κ2) is 7.95. The van der Waals surface area contributed by atoms with Crippen LogP contribution < -0.4 is 4.74 Å². The van der Waals surface area contributed by atoms with E-state index in [1.807, 2.05) is 74.5 Å². The zero-order valence-electron chi connectivity index (χ0n) is 17.3. The first-order chi connectivity index (χ1) is 15.2. The van der Waals surface area contributed by atoms with E-state index in [4.69, 9.17) is 9.72 Å². The second-order valence-electron chi connectivity index (χ2n) is 7.31. The molecule has 31 heavy (non-hydrogen) atoms. The van der Waals surface area contributed by atoms with Gasteiger partial charge in [-0.2, -0.15) is 0 Å². The van der Waals surface area contributed by atoms with E-state index >= 15 is 0 Å². The van der Waals surface area contributed by atoms with E-state index in [1.165, 1.54) is 0 Å². The number of nitrogens with zero attached hydrogens (tertiary/aromatic N) is 4. The molecule has 4 heterocycles. The van der Waals surface area contributed by atoms with Crippen LogP contribution >= 0.6 is 0 Å². The van der Waals surface area contributed by atoms with Gasteiger partial charge >= 0.3 is 0 Å². The van der Waals surface area contributed by atoms with Gasteiger partial charge in [0.05, 0.1) is 16.9 Å². The maximum Gasteiger partial charge on any atom is 0.155 e. The van der Waals surface area contributed by atoms with Crippen LogP contribution in [-0.2, 0) is 0 Å². The summed E-state index contributed by atoms with van der Waals surface area (Å²) in [5.41, 5.74) is 6.26. The van der Waals surface area contributed by atoms with Crippen LogP contribution in [0.3, 0.4) is 0 Å². The van der Waals surface area contributed by atoms with Gasteiger partial charge in [0.2, 0.25) is 0 Å². The van der Waals surface area contributed by atoms with E-state index in [0.717, 1.165) is 44.8 Å². The summed E-state index contributed by atoms with van der Waals surface area (Å²) in [6, 6.07) is 21.6. The maximum absolute atomic E-state index is 6.44. The van der Waals surface area contributed by atoms with Crippen molar-refractivity contribution in [2.75, 3.05) is 0 Å². The molecular formula is C26H20N4O.